The van der Waals surface area contributed by atoms with E-state index in [9.17, 15) is 9.59 Å². The molecule has 1 atom stereocenters. The molecule has 1 aromatic rings. The van der Waals surface area contributed by atoms with Gasteiger partial charge in [-0.1, -0.05) is 12.1 Å². The van der Waals surface area contributed by atoms with Crippen molar-refractivity contribution < 1.29 is 19.2 Å². The van der Waals surface area contributed by atoms with E-state index in [1.54, 1.807) is 7.05 Å². The largest absolute Gasteiger partial charge is 0.494 e. The SMILES string of the molecule is CCOc1ccc(C2NC(=O)N(C)C3=C2C(=O)N(OCC)C3)cc1. The molecule has 0 aromatic heterocycles. The topological polar surface area (TPSA) is 71.1 Å². The van der Waals surface area contributed by atoms with Gasteiger partial charge < -0.3 is 10.1 Å². The number of urea groups is 1. The third kappa shape index (κ3) is 2.71. The van der Waals surface area contributed by atoms with Gasteiger partial charge in [0.1, 0.15) is 5.75 Å². The molecule has 1 N–H and O–H groups in total. The smallest absolute Gasteiger partial charge is 0.322 e. The van der Waals surface area contributed by atoms with Gasteiger partial charge >= 0.3 is 6.03 Å². The Morgan fingerprint density at radius 1 is 1.17 bits per heavy atom. The van der Waals surface area contributed by atoms with Crippen molar-refractivity contribution in [3.05, 3.63) is 41.1 Å². The van der Waals surface area contributed by atoms with Gasteiger partial charge in [0, 0.05) is 7.05 Å². The van der Waals surface area contributed by atoms with E-state index in [0.717, 1.165) is 11.3 Å². The van der Waals surface area contributed by atoms with Crippen LogP contribution in [-0.4, -0.2) is 48.7 Å². The summed E-state index contributed by atoms with van der Waals surface area (Å²) in [6.07, 6.45) is 0. The third-order valence-corrected chi connectivity index (χ3v) is 4.14. The monoisotopic (exact) mass is 331 g/mol. The summed E-state index contributed by atoms with van der Waals surface area (Å²) in [7, 11) is 1.65. The average Bonchev–Trinajstić information content (AvgIpc) is 2.90. The molecule has 7 nitrogen and oxygen atoms in total. The highest BCUT2D eigenvalue weighted by Gasteiger charge is 2.43. The highest BCUT2D eigenvalue weighted by molar-refractivity contribution is 6.00. The summed E-state index contributed by atoms with van der Waals surface area (Å²) in [6.45, 7) is 5.00. The fourth-order valence-corrected chi connectivity index (χ4v) is 2.98. The van der Waals surface area contributed by atoms with Crippen LogP contribution < -0.4 is 10.1 Å². The number of hydrogen-bond donors (Lipinski definition) is 1. The molecule has 0 radical (unpaired) electrons. The maximum absolute atomic E-state index is 12.7. The molecule has 7 heteroatoms. The maximum atomic E-state index is 12.7. The predicted molar refractivity (Wildman–Crippen MR) is 87.0 cm³/mol. The van der Waals surface area contributed by atoms with Crippen LogP contribution in [-0.2, 0) is 9.63 Å². The molecular weight excluding hydrogens is 310 g/mol. The molecule has 0 saturated heterocycles. The number of amides is 3. The van der Waals surface area contributed by atoms with Gasteiger partial charge in [-0.3, -0.25) is 14.5 Å². The van der Waals surface area contributed by atoms with Crippen molar-refractivity contribution in [1.82, 2.24) is 15.3 Å². The van der Waals surface area contributed by atoms with Gasteiger partial charge in [0.25, 0.3) is 5.91 Å². The lowest BCUT2D eigenvalue weighted by atomic mass is 9.96. The van der Waals surface area contributed by atoms with Gasteiger partial charge in [-0.05, 0) is 31.5 Å². The Hall–Kier alpha value is -2.54. The number of hydrogen-bond acceptors (Lipinski definition) is 4. The lowest BCUT2D eigenvalue weighted by Crippen LogP contribution is -2.45. The van der Waals surface area contributed by atoms with E-state index in [1.807, 2.05) is 38.1 Å². The molecule has 1 unspecified atom stereocenters. The zero-order valence-electron chi connectivity index (χ0n) is 14.0. The number of carbonyl (C=O) groups is 2. The summed E-state index contributed by atoms with van der Waals surface area (Å²) in [5.74, 6) is 0.543. The minimum atomic E-state index is -0.489. The van der Waals surface area contributed by atoms with E-state index < -0.39 is 6.04 Å². The number of nitrogens with zero attached hydrogens (tertiary/aromatic N) is 2. The quantitative estimate of drug-likeness (QED) is 0.893. The van der Waals surface area contributed by atoms with Crippen LogP contribution in [0, 0.1) is 0 Å². The van der Waals surface area contributed by atoms with E-state index >= 15 is 0 Å². The molecule has 3 amide bonds. The van der Waals surface area contributed by atoms with Crippen LogP contribution in [0.4, 0.5) is 4.79 Å². The molecule has 0 saturated carbocycles. The summed E-state index contributed by atoms with van der Waals surface area (Å²) in [4.78, 5) is 31.8. The number of hydroxylamine groups is 2. The van der Waals surface area contributed by atoms with E-state index in [-0.39, 0.29) is 18.5 Å². The second-order valence-corrected chi connectivity index (χ2v) is 5.56. The molecule has 0 bridgehead atoms. The highest BCUT2D eigenvalue weighted by atomic mass is 16.7. The van der Waals surface area contributed by atoms with Gasteiger partial charge in [-0.2, -0.15) is 0 Å². The second-order valence-electron chi connectivity index (χ2n) is 5.56. The van der Waals surface area contributed by atoms with E-state index in [4.69, 9.17) is 9.57 Å². The normalized spacial score (nSPS) is 20.4. The summed E-state index contributed by atoms with van der Waals surface area (Å²) in [5, 5.41) is 4.19. The Kier molecular flexibility index (Phi) is 4.44. The number of likely N-dealkylation sites (N-methyl/N-ethyl adjacent to an activating group) is 1. The lowest BCUT2D eigenvalue weighted by Gasteiger charge is -2.31. The van der Waals surface area contributed by atoms with Crippen LogP contribution in [0.15, 0.2) is 35.5 Å². The minimum Gasteiger partial charge on any atom is -0.494 e. The number of nitrogens with one attached hydrogen (secondary N) is 1. The number of ether oxygens (including phenoxy) is 1. The first kappa shape index (κ1) is 16.3. The van der Waals surface area contributed by atoms with Crippen molar-refractivity contribution >= 4 is 11.9 Å². The molecular formula is C17H21N3O4. The molecule has 0 spiro atoms. The lowest BCUT2D eigenvalue weighted by molar-refractivity contribution is -0.174. The van der Waals surface area contributed by atoms with Crippen molar-refractivity contribution in [2.75, 3.05) is 26.8 Å². The first-order chi connectivity index (χ1) is 11.6. The standard InChI is InChI=1S/C17H21N3O4/c1-4-23-12-8-6-11(7-9-12)15-14-13(19(3)17(22)18-15)10-20(16(14)21)24-5-2/h6-9,15H,4-5,10H2,1-3H3,(H,18,22). The maximum Gasteiger partial charge on any atom is 0.322 e. The van der Waals surface area contributed by atoms with Crippen LogP contribution >= 0.6 is 0 Å². The van der Waals surface area contributed by atoms with Crippen LogP contribution in [0.5, 0.6) is 5.75 Å². The van der Waals surface area contributed by atoms with E-state index in [0.29, 0.717) is 24.5 Å². The van der Waals surface area contributed by atoms with Crippen LogP contribution in [0.3, 0.4) is 0 Å². The summed E-state index contributed by atoms with van der Waals surface area (Å²) < 4.78 is 5.44. The van der Waals surface area contributed by atoms with E-state index in [2.05, 4.69) is 5.32 Å². The summed E-state index contributed by atoms with van der Waals surface area (Å²) in [6, 6.07) is 6.67. The van der Waals surface area contributed by atoms with E-state index in [1.165, 1.54) is 9.96 Å². The fraction of sp³-hybridized carbons (Fsp3) is 0.412. The summed E-state index contributed by atoms with van der Waals surface area (Å²) >= 11 is 0. The zero-order chi connectivity index (χ0) is 17.3. The molecule has 128 valence electrons. The molecule has 2 aliphatic heterocycles. The van der Waals surface area contributed by atoms with Crippen molar-refractivity contribution in [3.63, 3.8) is 0 Å². The Morgan fingerprint density at radius 3 is 2.50 bits per heavy atom. The van der Waals surface area contributed by atoms with Crippen molar-refractivity contribution in [3.8, 4) is 5.75 Å². The van der Waals surface area contributed by atoms with Gasteiger partial charge in [-0.25, -0.2) is 9.86 Å². The van der Waals surface area contributed by atoms with Gasteiger partial charge in [0.05, 0.1) is 37.1 Å². The minimum absolute atomic E-state index is 0.211. The zero-order valence-corrected chi connectivity index (χ0v) is 14.0. The van der Waals surface area contributed by atoms with Crippen molar-refractivity contribution in [2.45, 2.75) is 19.9 Å². The first-order valence-electron chi connectivity index (χ1n) is 8.01. The second kappa shape index (κ2) is 6.52. The van der Waals surface area contributed by atoms with Gasteiger partial charge in [0.2, 0.25) is 0 Å². The molecule has 0 fully saturated rings. The molecule has 2 heterocycles. The van der Waals surface area contributed by atoms with Crippen LogP contribution in [0.2, 0.25) is 0 Å². The Morgan fingerprint density at radius 2 is 1.88 bits per heavy atom. The summed E-state index contributed by atoms with van der Waals surface area (Å²) in [5.41, 5.74) is 2.06. The Bertz CT molecular complexity index is 684. The van der Waals surface area contributed by atoms with Crippen molar-refractivity contribution in [1.29, 1.82) is 0 Å². The first-order valence-corrected chi connectivity index (χ1v) is 8.01. The molecule has 24 heavy (non-hydrogen) atoms. The third-order valence-electron chi connectivity index (χ3n) is 4.14. The van der Waals surface area contributed by atoms with Crippen LogP contribution in [0.1, 0.15) is 25.5 Å². The Balaban J connectivity index is 1.95. The Labute approximate surface area is 140 Å². The van der Waals surface area contributed by atoms with Gasteiger partial charge in [0.15, 0.2) is 0 Å². The molecule has 0 aliphatic carbocycles. The van der Waals surface area contributed by atoms with Gasteiger partial charge in [-0.15, -0.1) is 0 Å². The number of rotatable bonds is 5. The molecule has 2 aliphatic rings. The van der Waals surface area contributed by atoms with Crippen LogP contribution in [0.25, 0.3) is 0 Å². The predicted octanol–water partition coefficient (Wildman–Crippen LogP) is 1.83. The molecule has 1 aromatic carbocycles. The fourth-order valence-electron chi connectivity index (χ4n) is 2.98. The number of carbonyl (C=O) groups excluding carboxylic acids is 2. The van der Waals surface area contributed by atoms with Crippen molar-refractivity contribution in [2.24, 2.45) is 0 Å². The highest BCUT2D eigenvalue weighted by Crippen LogP contribution is 2.36. The number of benzene rings is 1. The average molecular weight is 331 g/mol. The molecule has 3 rings (SSSR count).